The van der Waals surface area contributed by atoms with Gasteiger partial charge in [0, 0.05) is 5.56 Å². The molecule has 0 aliphatic heterocycles. The first kappa shape index (κ1) is 16.6. The van der Waals surface area contributed by atoms with Crippen LogP contribution in [0.3, 0.4) is 0 Å². The third-order valence-electron chi connectivity index (χ3n) is 2.72. The second-order valence-corrected chi connectivity index (χ2v) is 6.65. The number of hydrogen-bond acceptors (Lipinski definition) is 4. The van der Waals surface area contributed by atoms with E-state index >= 15 is 0 Å². The predicted octanol–water partition coefficient (Wildman–Crippen LogP) is 3.31. The fourth-order valence-corrected chi connectivity index (χ4v) is 2.81. The molecule has 1 N–H and O–H groups in total. The highest BCUT2D eigenvalue weighted by molar-refractivity contribution is 7.89. The van der Waals surface area contributed by atoms with Gasteiger partial charge in [0.1, 0.15) is 5.75 Å². The van der Waals surface area contributed by atoms with Crippen molar-refractivity contribution < 1.29 is 13.2 Å². The van der Waals surface area contributed by atoms with Crippen molar-refractivity contribution >= 4 is 39.4 Å². The Morgan fingerprint density at radius 1 is 1.14 bits per heavy atom. The molecule has 0 fully saturated rings. The Bertz CT molecular complexity index is 807. The summed E-state index contributed by atoms with van der Waals surface area (Å²) in [6.07, 6.45) is 1.36. The molecule has 2 aromatic carbocycles. The number of ether oxygens (including phenoxy) is 1. The minimum absolute atomic E-state index is 0.0286. The van der Waals surface area contributed by atoms with Crippen molar-refractivity contribution in [1.29, 1.82) is 0 Å². The van der Waals surface area contributed by atoms with Crippen molar-refractivity contribution in [2.75, 3.05) is 7.11 Å². The molecule has 5 nitrogen and oxygen atoms in total. The molecule has 8 heteroatoms. The summed E-state index contributed by atoms with van der Waals surface area (Å²) in [4.78, 5) is 2.08. The normalized spacial score (nSPS) is 11.6. The van der Waals surface area contributed by atoms with Crippen LogP contribution in [0.4, 0.5) is 0 Å². The number of nitrogens with one attached hydrogen (secondary N) is 1. The molecule has 0 unspecified atom stereocenters. The van der Waals surface area contributed by atoms with Crippen LogP contribution in [0.15, 0.2) is 52.5 Å². The third-order valence-corrected chi connectivity index (χ3v) is 4.68. The number of methoxy groups -OCH3 is 1. The molecule has 0 spiro atoms. The summed E-state index contributed by atoms with van der Waals surface area (Å²) < 4.78 is 29.3. The van der Waals surface area contributed by atoms with Gasteiger partial charge in [-0.3, -0.25) is 0 Å². The quantitative estimate of drug-likeness (QED) is 0.658. The van der Waals surface area contributed by atoms with Crippen LogP contribution in [0.2, 0.25) is 10.0 Å². The van der Waals surface area contributed by atoms with Crippen LogP contribution in [0.5, 0.6) is 5.75 Å². The molecule has 116 valence electrons. The first-order valence-electron chi connectivity index (χ1n) is 6.07. The summed E-state index contributed by atoms with van der Waals surface area (Å²) in [7, 11) is -2.30. The molecule has 0 aliphatic rings. The van der Waals surface area contributed by atoms with E-state index in [2.05, 4.69) is 9.93 Å². The SMILES string of the molecule is COc1ccccc1/C=N/NS(=O)(=O)c1ccc(Cl)c(Cl)c1. The van der Waals surface area contributed by atoms with Crippen molar-refractivity contribution in [3.63, 3.8) is 0 Å². The van der Waals surface area contributed by atoms with Crippen LogP contribution in [-0.2, 0) is 10.0 Å². The second-order valence-electron chi connectivity index (χ2n) is 4.17. The molecule has 2 aromatic rings. The Hall–Kier alpha value is -1.76. The van der Waals surface area contributed by atoms with Crippen molar-refractivity contribution in [1.82, 2.24) is 4.83 Å². The van der Waals surface area contributed by atoms with Crippen LogP contribution >= 0.6 is 23.2 Å². The summed E-state index contributed by atoms with van der Waals surface area (Å²) >= 11 is 11.6. The highest BCUT2D eigenvalue weighted by atomic mass is 35.5. The number of para-hydroxylation sites is 1. The number of sulfonamides is 1. The Kier molecular flexibility index (Phi) is 5.28. The van der Waals surface area contributed by atoms with Gasteiger partial charge >= 0.3 is 0 Å². The third kappa shape index (κ3) is 3.91. The van der Waals surface area contributed by atoms with Crippen molar-refractivity contribution in [2.45, 2.75) is 4.90 Å². The molecule has 22 heavy (non-hydrogen) atoms. The fraction of sp³-hybridized carbons (Fsp3) is 0.0714. The average Bonchev–Trinajstić information content (AvgIpc) is 2.50. The number of hydrazone groups is 1. The number of benzene rings is 2. The topological polar surface area (TPSA) is 67.8 Å². The van der Waals surface area contributed by atoms with E-state index in [1.54, 1.807) is 24.3 Å². The molecule has 0 radical (unpaired) electrons. The zero-order valence-corrected chi connectivity index (χ0v) is 13.8. The Balaban J connectivity index is 2.19. The zero-order chi connectivity index (χ0) is 16.2. The summed E-state index contributed by atoms with van der Waals surface area (Å²) in [5, 5.41) is 4.16. The van der Waals surface area contributed by atoms with Crippen LogP contribution < -0.4 is 9.57 Å². The summed E-state index contributed by atoms with van der Waals surface area (Å²) in [5.74, 6) is 0.583. The van der Waals surface area contributed by atoms with Crippen LogP contribution in [-0.4, -0.2) is 21.7 Å². The van der Waals surface area contributed by atoms with E-state index in [1.807, 2.05) is 0 Å². The van der Waals surface area contributed by atoms with Gasteiger partial charge in [-0.2, -0.15) is 13.5 Å². The van der Waals surface area contributed by atoms with E-state index in [0.29, 0.717) is 11.3 Å². The second kappa shape index (κ2) is 7.00. The fourth-order valence-electron chi connectivity index (χ4n) is 1.64. The standard InChI is InChI=1S/C14H12Cl2N2O3S/c1-21-14-5-3-2-4-10(14)9-17-18-22(19,20)11-6-7-12(15)13(16)8-11/h2-9,18H,1H3/b17-9+. The summed E-state index contributed by atoms with van der Waals surface area (Å²) in [5.41, 5.74) is 0.641. The van der Waals surface area contributed by atoms with Crippen LogP contribution in [0, 0.1) is 0 Å². The molecule has 0 amide bonds. The van der Waals surface area contributed by atoms with Gasteiger partial charge in [0.05, 0.1) is 28.3 Å². The monoisotopic (exact) mass is 358 g/mol. The van der Waals surface area contributed by atoms with E-state index in [4.69, 9.17) is 27.9 Å². The lowest BCUT2D eigenvalue weighted by molar-refractivity contribution is 0.414. The van der Waals surface area contributed by atoms with Crippen molar-refractivity contribution in [3.05, 3.63) is 58.1 Å². The molecule has 2 rings (SSSR count). The van der Waals surface area contributed by atoms with Gasteiger partial charge in [0.25, 0.3) is 10.0 Å². The highest BCUT2D eigenvalue weighted by Gasteiger charge is 2.14. The summed E-state index contributed by atoms with van der Waals surface area (Å²) in [6.45, 7) is 0. The zero-order valence-electron chi connectivity index (χ0n) is 11.5. The molecule has 0 atom stereocenters. The maximum Gasteiger partial charge on any atom is 0.276 e. The average molecular weight is 359 g/mol. The van der Waals surface area contributed by atoms with Gasteiger partial charge in [0.2, 0.25) is 0 Å². The lowest BCUT2D eigenvalue weighted by atomic mass is 10.2. The maximum atomic E-state index is 12.1. The first-order chi connectivity index (χ1) is 10.4. The van der Waals surface area contributed by atoms with E-state index in [-0.39, 0.29) is 14.9 Å². The Labute approximate surface area is 138 Å². The Morgan fingerprint density at radius 3 is 2.55 bits per heavy atom. The van der Waals surface area contributed by atoms with Gasteiger partial charge in [-0.1, -0.05) is 35.3 Å². The van der Waals surface area contributed by atoms with Gasteiger partial charge in [-0.25, -0.2) is 4.83 Å². The summed E-state index contributed by atoms with van der Waals surface area (Å²) in [6, 6.07) is 11.1. The maximum absolute atomic E-state index is 12.1. The molecule has 0 bridgehead atoms. The van der Waals surface area contributed by atoms with Gasteiger partial charge in [-0.15, -0.1) is 0 Å². The molecule has 0 heterocycles. The van der Waals surface area contributed by atoms with Gasteiger partial charge < -0.3 is 4.74 Å². The van der Waals surface area contributed by atoms with Crippen molar-refractivity contribution in [3.8, 4) is 5.75 Å². The lowest BCUT2D eigenvalue weighted by Gasteiger charge is -2.05. The number of rotatable bonds is 5. The van der Waals surface area contributed by atoms with E-state index in [1.165, 1.54) is 31.5 Å². The number of nitrogens with zero attached hydrogens (tertiary/aromatic N) is 1. The molecular formula is C14H12Cl2N2O3S. The number of hydrogen-bond donors (Lipinski definition) is 1. The lowest BCUT2D eigenvalue weighted by Crippen LogP contribution is -2.18. The molecular weight excluding hydrogens is 347 g/mol. The van der Waals surface area contributed by atoms with Gasteiger partial charge in [0.15, 0.2) is 0 Å². The predicted molar refractivity (Wildman–Crippen MR) is 87.4 cm³/mol. The number of halogens is 2. The molecule has 0 saturated carbocycles. The van der Waals surface area contributed by atoms with Crippen molar-refractivity contribution in [2.24, 2.45) is 5.10 Å². The molecule has 0 saturated heterocycles. The van der Waals surface area contributed by atoms with Crippen LogP contribution in [0.25, 0.3) is 0 Å². The van der Waals surface area contributed by atoms with Gasteiger partial charge in [-0.05, 0) is 30.3 Å². The molecule has 0 aromatic heterocycles. The Morgan fingerprint density at radius 2 is 1.86 bits per heavy atom. The largest absolute Gasteiger partial charge is 0.496 e. The van der Waals surface area contributed by atoms with E-state index in [9.17, 15) is 8.42 Å². The first-order valence-corrected chi connectivity index (χ1v) is 8.31. The molecule has 0 aliphatic carbocycles. The van der Waals surface area contributed by atoms with E-state index < -0.39 is 10.0 Å². The minimum atomic E-state index is -3.82. The van der Waals surface area contributed by atoms with Crippen LogP contribution in [0.1, 0.15) is 5.56 Å². The minimum Gasteiger partial charge on any atom is -0.496 e. The van der Waals surface area contributed by atoms with E-state index in [0.717, 1.165) is 0 Å². The highest BCUT2D eigenvalue weighted by Crippen LogP contribution is 2.24. The smallest absolute Gasteiger partial charge is 0.276 e.